The minimum absolute atomic E-state index is 0.0620. The van der Waals surface area contributed by atoms with Gasteiger partial charge in [-0.3, -0.25) is 4.79 Å². The lowest BCUT2D eigenvalue weighted by Crippen LogP contribution is -2.42. The van der Waals surface area contributed by atoms with Crippen molar-refractivity contribution in [1.82, 2.24) is 0 Å². The van der Waals surface area contributed by atoms with Crippen LogP contribution in [0.3, 0.4) is 0 Å². The molecule has 1 aromatic rings. The number of nitrogens with zero attached hydrogens (tertiary/aromatic N) is 1. The lowest BCUT2D eigenvalue weighted by atomic mass is 10.1. The zero-order valence-electron chi connectivity index (χ0n) is 8.75. The predicted octanol–water partition coefficient (Wildman–Crippen LogP) is 2.51. The Balaban J connectivity index is 2.46. The Hall–Kier alpha value is -1.22. The van der Waals surface area contributed by atoms with Crippen LogP contribution in [0.25, 0.3) is 0 Å². The largest absolute Gasteiger partial charge is 0.379 e. The molecular formula is C11H13ClN2O. The van der Waals surface area contributed by atoms with Gasteiger partial charge < -0.3 is 10.2 Å². The van der Waals surface area contributed by atoms with Gasteiger partial charge in [0.25, 0.3) is 0 Å². The third-order valence-electron chi connectivity index (χ3n) is 2.49. The molecule has 0 bridgehead atoms. The molecule has 1 amide bonds. The molecule has 0 aliphatic carbocycles. The first-order valence-corrected chi connectivity index (χ1v) is 5.30. The summed E-state index contributed by atoms with van der Waals surface area (Å²) < 4.78 is 0. The fraction of sp³-hybridized carbons (Fsp3) is 0.364. The number of amides is 1. The van der Waals surface area contributed by atoms with Crippen LogP contribution in [0.2, 0.25) is 5.02 Å². The molecule has 0 saturated heterocycles. The molecule has 0 spiro atoms. The van der Waals surface area contributed by atoms with Gasteiger partial charge in [-0.15, -0.1) is 0 Å². The first-order chi connectivity index (χ1) is 7.08. The molecule has 1 aromatic carbocycles. The highest BCUT2D eigenvalue weighted by Gasteiger charge is 2.23. The molecule has 4 heteroatoms. The van der Waals surface area contributed by atoms with Crippen molar-refractivity contribution in [2.45, 2.75) is 19.9 Å². The van der Waals surface area contributed by atoms with Crippen molar-refractivity contribution in [1.29, 1.82) is 0 Å². The van der Waals surface area contributed by atoms with E-state index in [9.17, 15) is 4.79 Å². The summed E-state index contributed by atoms with van der Waals surface area (Å²) in [5, 5.41) is 3.99. The lowest BCUT2D eigenvalue weighted by molar-refractivity contribution is -0.116. The van der Waals surface area contributed by atoms with Crippen LogP contribution < -0.4 is 10.2 Å². The first kappa shape index (κ1) is 10.3. The monoisotopic (exact) mass is 224 g/mol. The number of nitrogens with one attached hydrogen (secondary N) is 1. The lowest BCUT2D eigenvalue weighted by Gasteiger charge is -2.33. The highest BCUT2D eigenvalue weighted by molar-refractivity contribution is 6.31. The summed E-state index contributed by atoms with van der Waals surface area (Å²) in [6.45, 7) is 4.32. The Labute approximate surface area is 94.0 Å². The number of carbonyl (C=O) groups is 1. The van der Waals surface area contributed by atoms with Gasteiger partial charge in [0, 0.05) is 24.5 Å². The number of hydrogen-bond donors (Lipinski definition) is 1. The van der Waals surface area contributed by atoms with Crippen molar-refractivity contribution < 1.29 is 4.79 Å². The van der Waals surface area contributed by atoms with Gasteiger partial charge in [-0.25, -0.2) is 0 Å². The van der Waals surface area contributed by atoms with Gasteiger partial charge in [-0.2, -0.15) is 0 Å². The zero-order valence-corrected chi connectivity index (χ0v) is 9.51. The Bertz CT molecular complexity index is 406. The third-order valence-corrected chi connectivity index (χ3v) is 2.72. The van der Waals surface area contributed by atoms with Gasteiger partial charge in [0.2, 0.25) is 5.91 Å². The number of halogens is 1. The van der Waals surface area contributed by atoms with Gasteiger partial charge in [-0.05, 0) is 25.1 Å². The molecule has 1 aliphatic heterocycles. The van der Waals surface area contributed by atoms with Crippen LogP contribution in [0, 0.1) is 0 Å². The molecule has 0 fully saturated rings. The second-order valence-corrected chi connectivity index (χ2v) is 4.27. The Morgan fingerprint density at radius 3 is 3.00 bits per heavy atom. The second-order valence-electron chi connectivity index (χ2n) is 3.84. The minimum Gasteiger partial charge on any atom is -0.379 e. The van der Waals surface area contributed by atoms with E-state index in [1.807, 2.05) is 19.1 Å². The maximum atomic E-state index is 11.5. The van der Waals surface area contributed by atoms with Gasteiger partial charge in [0.15, 0.2) is 0 Å². The summed E-state index contributed by atoms with van der Waals surface area (Å²) in [5.41, 5.74) is 1.83. The van der Waals surface area contributed by atoms with Crippen molar-refractivity contribution in [2.75, 3.05) is 16.8 Å². The molecule has 0 saturated carbocycles. The molecule has 0 radical (unpaired) electrons. The number of benzene rings is 1. The molecule has 0 aromatic heterocycles. The summed E-state index contributed by atoms with van der Waals surface area (Å²) in [6.07, 6.45) is 0. The van der Waals surface area contributed by atoms with Crippen molar-refractivity contribution in [3.63, 3.8) is 0 Å². The van der Waals surface area contributed by atoms with Crippen molar-refractivity contribution in [3.05, 3.63) is 23.2 Å². The van der Waals surface area contributed by atoms with Crippen LogP contribution in [0.4, 0.5) is 11.4 Å². The molecule has 15 heavy (non-hydrogen) atoms. The molecule has 2 rings (SSSR count). The fourth-order valence-corrected chi connectivity index (χ4v) is 2.01. The van der Waals surface area contributed by atoms with E-state index in [1.54, 1.807) is 17.9 Å². The highest BCUT2D eigenvalue weighted by Crippen LogP contribution is 2.33. The van der Waals surface area contributed by atoms with E-state index in [0.717, 1.165) is 11.4 Å². The number of fused-ring (bicyclic) bond motifs is 1. The number of carbonyl (C=O) groups excluding carboxylic acids is 1. The smallest absolute Gasteiger partial charge is 0.223 e. The van der Waals surface area contributed by atoms with Crippen LogP contribution in [-0.4, -0.2) is 18.5 Å². The molecule has 1 unspecified atom stereocenters. The Morgan fingerprint density at radius 2 is 2.33 bits per heavy atom. The SMILES string of the molecule is CC(=O)N1CC(C)Nc2cc(Cl)ccc21. The number of rotatable bonds is 0. The summed E-state index contributed by atoms with van der Waals surface area (Å²) in [4.78, 5) is 13.2. The van der Waals surface area contributed by atoms with E-state index in [4.69, 9.17) is 11.6 Å². The average Bonchev–Trinajstić information content (AvgIpc) is 2.15. The quantitative estimate of drug-likeness (QED) is 0.735. The predicted molar refractivity (Wildman–Crippen MR) is 62.6 cm³/mol. The number of hydrogen-bond acceptors (Lipinski definition) is 2. The van der Waals surface area contributed by atoms with Crippen LogP contribution in [0.15, 0.2) is 18.2 Å². The molecular weight excluding hydrogens is 212 g/mol. The van der Waals surface area contributed by atoms with Crippen LogP contribution in [-0.2, 0) is 4.79 Å². The third kappa shape index (κ3) is 1.92. The standard InChI is InChI=1S/C11H13ClN2O/c1-7-6-14(8(2)15)11-4-3-9(12)5-10(11)13-7/h3-5,7,13H,6H2,1-2H3. The molecule has 1 atom stereocenters. The zero-order chi connectivity index (χ0) is 11.0. The van der Waals surface area contributed by atoms with Crippen molar-refractivity contribution in [3.8, 4) is 0 Å². The molecule has 1 N–H and O–H groups in total. The Morgan fingerprint density at radius 1 is 1.60 bits per heavy atom. The first-order valence-electron chi connectivity index (χ1n) is 4.92. The van der Waals surface area contributed by atoms with Gasteiger partial charge in [0.1, 0.15) is 0 Å². The molecule has 3 nitrogen and oxygen atoms in total. The van der Waals surface area contributed by atoms with Gasteiger partial charge >= 0.3 is 0 Å². The minimum atomic E-state index is 0.0620. The molecule has 1 heterocycles. The molecule has 1 aliphatic rings. The summed E-state index contributed by atoms with van der Waals surface area (Å²) in [6, 6.07) is 5.77. The van der Waals surface area contributed by atoms with E-state index in [0.29, 0.717) is 11.6 Å². The maximum absolute atomic E-state index is 11.5. The van der Waals surface area contributed by atoms with E-state index in [1.165, 1.54) is 0 Å². The van der Waals surface area contributed by atoms with E-state index in [-0.39, 0.29) is 11.9 Å². The summed E-state index contributed by atoms with van der Waals surface area (Å²) in [5.74, 6) is 0.0620. The molecule has 80 valence electrons. The summed E-state index contributed by atoms with van der Waals surface area (Å²) in [7, 11) is 0. The van der Waals surface area contributed by atoms with Crippen molar-refractivity contribution >= 4 is 28.9 Å². The van der Waals surface area contributed by atoms with E-state index in [2.05, 4.69) is 5.32 Å². The Kier molecular flexibility index (Phi) is 2.57. The van der Waals surface area contributed by atoms with Gasteiger partial charge in [-0.1, -0.05) is 11.6 Å². The van der Waals surface area contributed by atoms with Crippen LogP contribution in [0.5, 0.6) is 0 Å². The highest BCUT2D eigenvalue weighted by atomic mass is 35.5. The average molecular weight is 225 g/mol. The maximum Gasteiger partial charge on any atom is 0.223 e. The number of anilines is 2. The summed E-state index contributed by atoms with van der Waals surface area (Å²) >= 11 is 5.91. The normalized spacial score (nSPS) is 19.4. The fourth-order valence-electron chi connectivity index (χ4n) is 1.84. The van der Waals surface area contributed by atoms with Gasteiger partial charge in [0.05, 0.1) is 11.4 Å². The second kappa shape index (κ2) is 3.74. The topological polar surface area (TPSA) is 32.3 Å². The van der Waals surface area contributed by atoms with Crippen molar-refractivity contribution in [2.24, 2.45) is 0 Å². The van der Waals surface area contributed by atoms with E-state index < -0.39 is 0 Å². The van der Waals surface area contributed by atoms with Crippen LogP contribution >= 0.6 is 11.6 Å². The van der Waals surface area contributed by atoms with E-state index >= 15 is 0 Å². The van der Waals surface area contributed by atoms with Crippen LogP contribution in [0.1, 0.15) is 13.8 Å².